The van der Waals surface area contributed by atoms with Crippen molar-refractivity contribution in [1.29, 1.82) is 0 Å². The lowest BCUT2D eigenvalue weighted by Gasteiger charge is -2.03. The van der Waals surface area contributed by atoms with Gasteiger partial charge in [0.25, 0.3) is 0 Å². The number of nitrogens with two attached hydrogens (primary N) is 1. The van der Waals surface area contributed by atoms with E-state index in [-0.39, 0.29) is 24.8 Å². The van der Waals surface area contributed by atoms with E-state index in [2.05, 4.69) is 12.3 Å². The molecule has 0 aliphatic rings. The van der Waals surface area contributed by atoms with Crippen LogP contribution < -0.4 is 11.3 Å². The molecule has 0 bridgehead atoms. The summed E-state index contributed by atoms with van der Waals surface area (Å²) in [6, 6.07) is 0. The molecule has 0 aliphatic heterocycles. The minimum absolute atomic E-state index is 0. The Bertz CT molecular complexity index is 151. The van der Waals surface area contributed by atoms with Crippen LogP contribution in [-0.2, 0) is 0 Å². The fourth-order valence-electron chi connectivity index (χ4n) is 2.78. The predicted molar refractivity (Wildman–Crippen MR) is 106 cm³/mol. The average Bonchev–Trinajstić information content (AvgIpc) is 2.47. The molecule has 0 heterocycles. The molecule has 0 atom stereocenters. The van der Waals surface area contributed by atoms with Crippen molar-refractivity contribution in [3.8, 4) is 0 Å². The molecule has 3 N–H and O–H groups in total. The smallest absolute Gasteiger partial charge is 0.00974 e. The second-order valence-corrected chi connectivity index (χ2v) is 6.26. The van der Waals surface area contributed by atoms with E-state index in [0.717, 1.165) is 6.54 Å². The Kier molecular flexibility index (Phi) is 32.8. The minimum Gasteiger partial charge on any atom is -0.271 e. The van der Waals surface area contributed by atoms with Crippen LogP contribution in [0.4, 0.5) is 0 Å². The lowest BCUT2D eigenvalue weighted by Crippen LogP contribution is -2.22. The Hall–Kier alpha value is 0.500. The van der Waals surface area contributed by atoms with Crippen molar-refractivity contribution in [3.05, 3.63) is 0 Å². The summed E-state index contributed by atoms with van der Waals surface area (Å²) >= 11 is 0. The van der Waals surface area contributed by atoms with E-state index in [1.54, 1.807) is 0 Å². The van der Waals surface area contributed by atoms with Gasteiger partial charge in [-0.05, 0) is 6.42 Å². The molecule has 0 aromatic rings. The molecular weight excluding hydrogens is 315 g/mol. The zero-order valence-corrected chi connectivity index (χ0v) is 16.5. The molecule has 0 unspecified atom stereocenters. The summed E-state index contributed by atoms with van der Waals surface area (Å²) in [7, 11) is 0. The second-order valence-electron chi connectivity index (χ2n) is 6.26. The molecule has 4 heteroatoms. The molecule has 0 aromatic carbocycles. The van der Waals surface area contributed by atoms with Gasteiger partial charge in [-0.3, -0.25) is 11.3 Å². The third kappa shape index (κ3) is 25.5. The van der Waals surface area contributed by atoms with Crippen LogP contribution in [-0.4, -0.2) is 6.54 Å². The van der Waals surface area contributed by atoms with Gasteiger partial charge in [-0.1, -0.05) is 103 Å². The van der Waals surface area contributed by atoms with Gasteiger partial charge in [0, 0.05) is 6.54 Å². The second kappa shape index (κ2) is 26.4. The van der Waals surface area contributed by atoms with Gasteiger partial charge in [0.05, 0.1) is 0 Å². The number of hydrazine groups is 1. The van der Waals surface area contributed by atoms with Gasteiger partial charge in [0.2, 0.25) is 0 Å². The van der Waals surface area contributed by atoms with E-state index in [0.29, 0.717) is 0 Å². The molecule has 2 nitrogen and oxygen atoms in total. The summed E-state index contributed by atoms with van der Waals surface area (Å²) in [6.45, 7) is 3.26. The third-order valence-electron chi connectivity index (χ3n) is 4.17. The van der Waals surface area contributed by atoms with Gasteiger partial charge in [-0.2, -0.15) is 0 Å². The molecule has 0 saturated carbocycles. The predicted octanol–water partition coefficient (Wildman–Crippen LogP) is 6.55. The van der Waals surface area contributed by atoms with Crippen LogP contribution in [0, 0.1) is 0 Å². The molecular formula is C18H42Cl2N2. The van der Waals surface area contributed by atoms with Crippen molar-refractivity contribution in [2.75, 3.05) is 6.54 Å². The van der Waals surface area contributed by atoms with E-state index in [9.17, 15) is 0 Å². The van der Waals surface area contributed by atoms with Crippen LogP contribution in [0.15, 0.2) is 0 Å². The van der Waals surface area contributed by atoms with Crippen molar-refractivity contribution in [3.63, 3.8) is 0 Å². The Balaban J connectivity index is -0.00000180. The Morgan fingerprint density at radius 2 is 0.773 bits per heavy atom. The van der Waals surface area contributed by atoms with Crippen molar-refractivity contribution in [2.24, 2.45) is 5.84 Å². The summed E-state index contributed by atoms with van der Waals surface area (Å²) in [5, 5.41) is 0. The number of hydrogen-bond donors (Lipinski definition) is 2. The van der Waals surface area contributed by atoms with E-state index >= 15 is 0 Å². The highest BCUT2D eigenvalue weighted by Gasteiger charge is 1.94. The van der Waals surface area contributed by atoms with Crippen molar-refractivity contribution in [2.45, 2.75) is 110 Å². The highest BCUT2D eigenvalue weighted by Crippen LogP contribution is 2.13. The van der Waals surface area contributed by atoms with E-state index < -0.39 is 0 Å². The molecule has 0 saturated heterocycles. The lowest BCUT2D eigenvalue weighted by molar-refractivity contribution is 0.526. The zero-order valence-electron chi connectivity index (χ0n) is 14.9. The van der Waals surface area contributed by atoms with Gasteiger partial charge in [-0.25, -0.2) is 0 Å². The van der Waals surface area contributed by atoms with E-state index in [4.69, 9.17) is 5.84 Å². The monoisotopic (exact) mass is 356 g/mol. The highest BCUT2D eigenvalue weighted by atomic mass is 35.5. The number of halogens is 2. The molecule has 0 radical (unpaired) electrons. The first-order chi connectivity index (χ1) is 9.91. The first kappa shape index (κ1) is 27.4. The first-order valence-electron chi connectivity index (χ1n) is 9.35. The van der Waals surface area contributed by atoms with Gasteiger partial charge in [0.15, 0.2) is 0 Å². The first-order valence-corrected chi connectivity index (χ1v) is 9.35. The van der Waals surface area contributed by atoms with Crippen LogP contribution in [0.1, 0.15) is 110 Å². The van der Waals surface area contributed by atoms with Gasteiger partial charge >= 0.3 is 0 Å². The normalized spacial score (nSPS) is 10.1. The Morgan fingerprint density at radius 3 is 1.05 bits per heavy atom. The average molecular weight is 357 g/mol. The quantitative estimate of drug-likeness (QED) is 0.176. The Morgan fingerprint density at radius 1 is 0.500 bits per heavy atom. The molecule has 0 aromatic heterocycles. The van der Waals surface area contributed by atoms with Crippen LogP contribution in [0.2, 0.25) is 0 Å². The zero-order chi connectivity index (χ0) is 14.7. The molecule has 138 valence electrons. The molecule has 0 aliphatic carbocycles. The summed E-state index contributed by atoms with van der Waals surface area (Å²) in [6.07, 6.45) is 22.8. The fourth-order valence-corrected chi connectivity index (χ4v) is 2.78. The number of nitrogens with one attached hydrogen (secondary N) is 1. The molecule has 0 amide bonds. The van der Waals surface area contributed by atoms with E-state index in [1.165, 1.54) is 103 Å². The standard InChI is InChI=1S/C18H40N2.2ClH/c1-2-3-4-5-6-7-8-9-10-11-12-13-14-15-16-17-18-20-19;;/h20H,2-19H2,1H3;2*1H. The van der Waals surface area contributed by atoms with Crippen LogP contribution in [0.3, 0.4) is 0 Å². The summed E-state index contributed by atoms with van der Waals surface area (Å²) in [4.78, 5) is 0. The lowest BCUT2D eigenvalue weighted by atomic mass is 10.0. The maximum absolute atomic E-state index is 5.24. The number of hydrogen-bond acceptors (Lipinski definition) is 2. The SMILES string of the molecule is CCCCCCCCCCCCCCCCCCNN.Cl.Cl. The van der Waals surface area contributed by atoms with E-state index in [1.807, 2.05) is 0 Å². The fraction of sp³-hybridized carbons (Fsp3) is 1.00. The van der Waals surface area contributed by atoms with Gasteiger partial charge in [-0.15, -0.1) is 24.8 Å². The molecule has 0 spiro atoms. The highest BCUT2D eigenvalue weighted by molar-refractivity contribution is 5.85. The van der Waals surface area contributed by atoms with Crippen LogP contribution in [0.5, 0.6) is 0 Å². The minimum atomic E-state index is 0. The van der Waals surface area contributed by atoms with Gasteiger partial charge in [0.1, 0.15) is 0 Å². The van der Waals surface area contributed by atoms with Crippen LogP contribution in [0.25, 0.3) is 0 Å². The maximum Gasteiger partial charge on any atom is 0.00974 e. The third-order valence-corrected chi connectivity index (χ3v) is 4.17. The number of rotatable bonds is 17. The van der Waals surface area contributed by atoms with Crippen molar-refractivity contribution in [1.82, 2.24) is 5.43 Å². The Labute approximate surface area is 152 Å². The summed E-state index contributed by atoms with van der Waals surface area (Å²) in [5.41, 5.74) is 2.72. The van der Waals surface area contributed by atoms with Crippen molar-refractivity contribution < 1.29 is 0 Å². The molecule has 0 rings (SSSR count). The topological polar surface area (TPSA) is 38.0 Å². The van der Waals surface area contributed by atoms with Crippen molar-refractivity contribution >= 4 is 24.8 Å². The van der Waals surface area contributed by atoms with Gasteiger partial charge < -0.3 is 0 Å². The number of unbranched alkanes of at least 4 members (excludes halogenated alkanes) is 15. The summed E-state index contributed by atoms with van der Waals surface area (Å²) in [5.74, 6) is 5.24. The molecule has 22 heavy (non-hydrogen) atoms. The summed E-state index contributed by atoms with van der Waals surface area (Å²) < 4.78 is 0. The molecule has 0 fully saturated rings. The largest absolute Gasteiger partial charge is 0.271 e. The maximum atomic E-state index is 5.24. The van der Waals surface area contributed by atoms with Crippen LogP contribution >= 0.6 is 24.8 Å².